The minimum absolute atomic E-state index is 0.00707. The normalized spacial score (nSPS) is 12.1. The van der Waals surface area contributed by atoms with E-state index in [1.165, 1.54) is 37.3 Å². The quantitative estimate of drug-likeness (QED) is 0.375. The zero-order valence-corrected chi connectivity index (χ0v) is 16.4. The second kappa shape index (κ2) is 9.26. The molecule has 0 saturated carbocycles. The highest BCUT2D eigenvalue weighted by atomic mass is 32.2. The van der Waals surface area contributed by atoms with Gasteiger partial charge >= 0.3 is 5.97 Å². The summed E-state index contributed by atoms with van der Waals surface area (Å²) < 4.78 is 31.3. The van der Waals surface area contributed by atoms with E-state index in [2.05, 4.69) is 10.0 Å². The van der Waals surface area contributed by atoms with Crippen LogP contribution in [0.2, 0.25) is 0 Å². The number of carbonyl (C=O) groups excluding carboxylic acids is 2. The number of nitrogens with one attached hydrogen (secondary N) is 2. The number of non-ortho nitro benzene ring substituents is 1. The summed E-state index contributed by atoms with van der Waals surface area (Å²) in [5.74, 6) is -1.68. The average Bonchev–Trinajstić information content (AvgIpc) is 2.67. The third-order valence-corrected chi connectivity index (χ3v) is 5.16. The SMILES string of the molecule is Cc1ccc(S(=O)(=O)NCC(=O)O[C@H](C)C(=O)Nc2cccc([N+](=O)[O-])c2)cc1. The molecule has 0 saturated heterocycles. The molecule has 0 heterocycles. The standard InChI is InChI=1S/C18H19N3O7S/c1-12-6-8-16(9-7-12)29(26,27)19-11-17(22)28-13(2)18(23)20-14-4-3-5-15(10-14)21(24)25/h3-10,13,19H,11H2,1-2H3,(H,20,23)/t13-/m1/s1. The molecule has 0 aliphatic carbocycles. The first-order valence-corrected chi connectivity index (χ1v) is 9.88. The summed E-state index contributed by atoms with van der Waals surface area (Å²) in [4.78, 5) is 34.1. The molecule has 0 aliphatic heterocycles. The number of nitro groups is 1. The Kier molecular flexibility index (Phi) is 7.02. The second-order valence-electron chi connectivity index (χ2n) is 6.07. The predicted molar refractivity (Wildman–Crippen MR) is 104 cm³/mol. The van der Waals surface area contributed by atoms with Crippen LogP contribution in [0.15, 0.2) is 53.4 Å². The van der Waals surface area contributed by atoms with Crippen molar-refractivity contribution in [1.29, 1.82) is 0 Å². The highest BCUT2D eigenvalue weighted by Crippen LogP contribution is 2.17. The molecule has 11 heteroatoms. The number of rotatable bonds is 8. The van der Waals surface area contributed by atoms with Crippen molar-refractivity contribution < 1.29 is 27.7 Å². The van der Waals surface area contributed by atoms with Crippen LogP contribution < -0.4 is 10.0 Å². The number of nitrogens with zero attached hydrogens (tertiary/aromatic N) is 1. The Morgan fingerprint density at radius 1 is 1.17 bits per heavy atom. The molecule has 10 nitrogen and oxygen atoms in total. The van der Waals surface area contributed by atoms with Crippen molar-refractivity contribution in [3.63, 3.8) is 0 Å². The van der Waals surface area contributed by atoms with Gasteiger partial charge in [-0.15, -0.1) is 0 Å². The molecule has 0 aromatic heterocycles. The van der Waals surface area contributed by atoms with E-state index in [0.717, 1.165) is 11.6 Å². The molecule has 2 aromatic carbocycles. The van der Waals surface area contributed by atoms with Gasteiger partial charge in [-0.1, -0.05) is 23.8 Å². The van der Waals surface area contributed by atoms with Gasteiger partial charge in [0.1, 0.15) is 6.54 Å². The first kappa shape index (κ1) is 22.0. The summed E-state index contributed by atoms with van der Waals surface area (Å²) in [6.07, 6.45) is -1.24. The Morgan fingerprint density at radius 2 is 1.83 bits per heavy atom. The van der Waals surface area contributed by atoms with Crippen molar-refractivity contribution in [3.05, 3.63) is 64.2 Å². The molecule has 0 unspecified atom stereocenters. The predicted octanol–water partition coefficient (Wildman–Crippen LogP) is 1.75. The number of amides is 1. The summed E-state index contributed by atoms with van der Waals surface area (Å²) in [5, 5.41) is 13.1. The van der Waals surface area contributed by atoms with Crippen molar-refractivity contribution in [3.8, 4) is 0 Å². The van der Waals surface area contributed by atoms with Crippen molar-refractivity contribution in [2.75, 3.05) is 11.9 Å². The first-order valence-electron chi connectivity index (χ1n) is 8.39. The zero-order valence-electron chi connectivity index (χ0n) is 15.6. The summed E-state index contributed by atoms with van der Waals surface area (Å²) in [7, 11) is -3.90. The van der Waals surface area contributed by atoms with Gasteiger partial charge in [0.15, 0.2) is 6.10 Å². The van der Waals surface area contributed by atoms with Crippen LogP contribution in [-0.2, 0) is 24.3 Å². The number of aryl methyl sites for hydroxylation is 1. The maximum Gasteiger partial charge on any atom is 0.321 e. The lowest BCUT2D eigenvalue weighted by molar-refractivity contribution is -0.384. The number of ether oxygens (including phenoxy) is 1. The summed E-state index contributed by atoms with van der Waals surface area (Å²) >= 11 is 0. The molecular weight excluding hydrogens is 402 g/mol. The number of sulfonamides is 1. The van der Waals surface area contributed by atoms with E-state index in [1.54, 1.807) is 19.1 Å². The van der Waals surface area contributed by atoms with E-state index in [1.807, 2.05) is 0 Å². The maximum atomic E-state index is 12.1. The highest BCUT2D eigenvalue weighted by Gasteiger charge is 2.21. The molecule has 2 rings (SSSR count). The number of esters is 1. The average molecular weight is 421 g/mol. The third kappa shape index (κ3) is 6.36. The van der Waals surface area contributed by atoms with Gasteiger partial charge < -0.3 is 10.1 Å². The fraction of sp³-hybridized carbons (Fsp3) is 0.222. The van der Waals surface area contributed by atoms with Gasteiger partial charge in [0.05, 0.1) is 9.82 Å². The first-order chi connectivity index (χ1) is 13.6. The number of hydrogen-bond donors (Lipinski definition) is 2. The Bertz CT molecular complexity index is 1020. The van der Waals surface area contributed by atoms with Crippen LogP contribution >= 0.6 is 0 Å². The monoisotopic (exact) mass is 421 g/mol. The van der Waals surface area contributed by atoms with E-state index < -0.39 is 39.5 Å². The van der Waals surface area contributed by atoms with Gasteiger partial charge in [-0.2, -0.15) is 4.72 Å². The van der Waals surface area contributed by atoms with Crippen LogP contribution in [0.3, 0.4) is 0 Å². The van der Waals surface area contributed by atoms with Crippen LogP contribution in [0, 0.1) is 17.0 Å². The largest absolute Gasteiger partial charge is 0.452 e. The third-order valence-electron chi connectivity index (χ3n) is 3.74. The molecule has 0 fully saturated rings. The fourth-order valence-electron chi connectivity index (χ4n) is 2.19. The van der Waals surface area contributed by atoms with Gasteiger partial charge in [0, 0.05) is 17.8 Å². The molecule has 1 amide bonds. The van der Waals surface area contributed by atoms with E-state index >= 15 is 0 Å². The summed E-state index contributed by atoms with van der Waals surface area (Å²) in [5.41, 5.74) is 0.831. The van der Waals surface area contributed by atoms with Gasteiger partial charge in [0.2, 0.25) is 10.0 Å². The van der Waals surface area contributed by atoms with Gasteiger partial charge in [-0.3, -0.25) is 19.7 Å². The van der Waals surface area contributed by atoms with Gasteiger partial charge in [0.25, 0.3) is 11.6 Å². The van der Waals surface area contributed by atoms with E-state index in [0.29, 0.717) is 0 Å². The Hall–Kier alpha value is -3.31. The number of anilines is 1. The van der Waals surface area contributed by atoms with E-state index in [-0.39, 0.29) is 16.3 Å². The van der Waals surface area contributed by atoms with Crippen LogP contribution in [0.25, 0.3) is 0 Å². The molecule has 29 heavy (non-hydrogen) atoms. The van der Waals surface area contributed by atoms with Crippen LogP contribution in [0.1, 0.15) is 12.5 Å². The maximum absolute atomic E-state index is 12.1. The van der Waals surface area contributed by atoms with Crippen molar-refractivity contribution in [2.45, 2.75) is 24.8 Å². The Morgan fingerprint density at radius 3 is 2.45 bits per heavy atom. The van der Waals surface area contributed by atoms with Gasteiger partial charge in [-0.05, 0) is 32.0 Å². The Labute approximate surface area is 167 Å². The smallest absolute Gasteiger partial charge is 0.321 e. The zero-order chi connectivity index (χ0) is 21.6. The van der Waals surface area contributed by atoms with E-state index in [9.17, 15) is 28.1 Å². The summed E-state index contributed by atoms with van der Waals surface area (Å²) in [6, 6.07) is 11.3. The van der Waals surface area contributed by atoms with Crippen LogP contribution in [-0.4, -0.2) is 37.9 Å². The highest BCUT2D eigenvalue weighted by molar-refractivity contribution is 7.89. The van der Waals surface area contributed by atoms with E-state index in [4.69, 9.17) is 4.74 Å². The number of nitro benzene ring substituents is 1. The lowest BCUT2D eigenvalue weighted by atomic mass is 10.2. The minimum Gasteiger partial charge on any atom is -0.452 e. The number of benzene rings is 2. The molecule has 0 bridgehead atoms. The topological polar surface area (TPSA) is 145 Å². The summed E-state index contributed by atoms with van der Waals surface area (Å²) in [6.45, 7) is 2.44. The second-order valence-corrected chi connectivity index (χ2v) is 7.83. The fourth-order valence-corrected chi connectivity index (χ4v) is 3.16. The number of hydrogen-bond acceptors (Lipinski definition) is 7. The number of carbonyl (C=O) groups is 2. The minimum atomic E-state index is -3.90. The molecule has 0 aliphatic rings. The van der Waals surface area contributed by atoms with Crippen molar-refractivity contribution in [1.82, 2.24) is 4.72 Å². The molecule has 1 atom stereocenters. The van der Waals surface area contributed by atoms with Crippen LogP contribution in [0.4, 0.5) is 11.4 Å². The lowest BCUT2D eigenvalue weighted by Crippen LogP contribution is -2.35. The van der Waals surface area contributed by atoms with Crippen molar-refractivity contribution >= 4 is 33.3 Å². The Balaban J connectivity index is 1.89. The molecule has 0 spiro atoms. The molecule has 154 valence electrons. The molecular formula is C18H19N3O7S. The van der Waals surface area contributed by atoms with Crippen LogP contribution in [0.5, 0.6) is 0 Å². The molecule has 0 radical (unpaired) electrons. The molecule has 2 aromatic rings. The van der Waals surface area contributed by atoms with Crippen molar-refractivity contribution in [2.24, 2.45) is 0 Å². The molecule has 2 N–H and O–H groups in total. The van der Waals surface area contributed by atoms with Gasteiger partial charge in [-0.25, -0.2) is 8.42 Å². The lowest BCUT2D eigenvalue weighted by Gasteiger charge is -2.14.